The van der Waals surface area contributed by atoms with Crippen LogP contribution in [0, 0.1) is 0 Å². The normalized spacial score (nSPS) is 13.6. The van der Waals surface area contributed by atoms with Crippen molar-refractivity contribution in [2.75, 3.05) is 6.54 Å². The molecule has 1 aliphatic heterocycles. The minimum atomic E-state index is -0.315. The SMILES string of the molecule is O=C(OCc1ccccc1)N1CCc2nc(Br)nc(Br)c2C1. The van der Waals surface area contributed by atoms with Gasteiger partial charge in [0.05, 0.1) is 12.2 Å². The molecule has 5 nitrogen and oxygen atoms in total. The van der Waals surface area contributed by atoms with Gasteiger partial charge in [-0.1, -0.05) is 30.3 Å². The Hall–Kier alpha value is -1.47. The van der Waals surface area contributed by atoms with Crippen LogP contribution < -0.4 is 0 Å². The molecule has 2 heterocycles. The van der Waals surface area contributed by atoms with Crippen LogP contribution in [0.15, 0.2) is 39.7 Å². The van der Waals surface area contributed by atoms with Gasteiger partial charge in [-0.05, 0) is 37.4 Å². The van der Waals surface area contributed by atoms with Gasteiger partial charge in [0.15, 0.2) is 4.73 Å². The summed E-state index contributed by atoms with van der Waals surface area (Å²) < 4.78 is 6.63. The summed E-state index contributed by atoms with van der Waals surface area (Å²) in [6, 6.07) is 9.64. The molecule has 1 aromatic carbocycles. The number of hydrogen-bond donors (Lipinski definition) is 0. The molecule has 1 amide bonds. The highest BCUT2D eigenvalue weighted by Gasteiger charge is 2.25. The Balaban J connectivity index is 1.65. The lowest BCUT2D eigenvalue weighted by Gasteiger charge is -2.27. The maximum atomic E-state index is 12.2. The summed E-state index contributed by atoms with van der Waals surface area (Å²) in [6.45, 7) is 1.33. The number of fused-ring (bicyclic) bond motifs is 1. The minimum Gasteiger partial charge on any atom is -0.445 e. The van der Waals surface area contributed by atoms with Crippen molar-refractivity contribution in [2.45, 2.75) is 19.6 Å². The third-order valence-corrected chi connectivity index (χ3v) is 4.46. The Morgan fingerprint density at radius 2 is 2.00 bits per heavy atom. The van der Waals surface area contributed by atoms with Gasteiger partial charge in [-0.2, -0.15) is 0 Å². The largest absolute Gasteiger partial charge is 0.445 e. The first-order chi connectivity index (χ1) is 10.6. The Morgan fingerprint density at radius 3 is 2.77 bits per heavy atom. The topological polar surface area (TPSA) is 55.3 Å². The summed E-state index contributed by atoms with van der Waals surface area (Å²) in [6.07, 6.45) is 0.375. The molecule has 1 aliphatic rings. The highest BCUT2D eigenvalue weighted by molar-refractivity contribution is 9.11. The number of rotatable bonds is 2. The average molecular weight is 427 g/mol. The Labute approximate surface area is 145 Å². The van der Waals surface area contributed by atoms with Gasteiger partial charge in [0.2, 0.25) is 0 Å². The fourth-order valence-corrected chi connectivity index (χ4v) is 3.46. The van der Waals surface area contributed by atoms with Gasteiger partial charge in [0.1, 0.15) is 11.2 Å². The van der Waals surface area contributed by atoms with Crippen molar-refractivity contribution in [3.05, 3.63) is 56.5 Å². The molecular formula is C15H13Br2N3O2. The van der Waals surface area contributed by atoms with Gasteiger partial charge in [-0.25, -0.2) is 14.8 Å². The van der Waals surface area contributed by atoms with Crippen LogP contribution in [0.5, 0.6) is 0 Å². The summed E-state index contributed by atoms with van der Waals surface area (Å²) in [5.41, 5.74) is 2.87. The Morgan fingerprint density at radius 1 is 1.23 bits per heavy atom. The number of ether oxygens (including phenoxy) is 1. The molecule has 3 rings (SSSR count). The lowest BCUT2D eigenvalue weighted by atomic mass is 10.1. The molecule has 114 valence electrons. The summed E-state index contributed by atoms with van der Waals surface area (Å²) >= 11 is 6.70. The molecule has 0 spiro atoms. The molecule has 1 aromatic heterocycles. The van der Waals surface area contributed by atoms with E-state index in [0.29, 0.717) is 28.8 Å². The molecule has 0 fully saturated rings. The Kier molecular flexibility index (Phi) is 4.73. The van der Waals surface area contributed by atoms with Gasteiger partial charge in [-0.15, -0.1) is 0 Å². The molecule has 22 heavy (non-hydrogen) atoms. The molecule has 0 N–H and O–H groups in total. The van der Waals surface area contributed by atoms with Gasteiger partial charge in [0, 0.05) is 18.5 Å². The molecular weight excluding hydrogens is 414 g/mol. The predicted octanol–water partition coefficient (Wildman–Crippen LogP) is 3.70. The van der Waals surface area contributed by atoms with Crippen LogP contribution in [-0.2, 0) is 24.3 Å². The highest BCUT2D eigenvalue weighted by atomic mass is 79.9. The summed E-state index contributed by atoms with van der Waals surface area (Å²) in [5.74, 6) is 0. The molecule has 2 aromatic rings. The second-order valence-electron chi connectivity index (χ2n) is 4.92. The number of carbonyl (C=O) groups is 1. The summed E-state index contributed by atoms with van der Waals surface area (Å²) in [4.78, 5) is 22.4. The molecule has 0 unspecified atom stereocenters. The van der Waals surface area contributed by atoms with E-state index in [4.69, 9.17) is 4.74 Å². The number of halogens is 2. The van der Waals surface area contributed by atoms with Crippen molar-refractivity contribution >= 4 is 38.0 Å². The van der Waals surface area contributed by atoms with E-state index in [1.165, 1.54) is 0 Å². The third kappa shape index (κ3) is 3.47. The monoisotopic (exact) mass is 425 g/mol. The predicted molar refractivity (Wildman–Crippen MR) is 88.2 cm³/mol. The van der Waals surface area contributed by atoms with E-state index in [1.807, 2.05) is 30.3 Å². The quantitative estimate of drug-likeness (QED) is 0.542. The van der Waals surface area contributed by atoms with E-state index in [1.54, 1.807) is 4.90 Å². The second-order valence-corrected chi connectivity index (χ2v) is 6.38. The van der Waals surface area contributed by atoms with Crippen molar-refractivity contribution in [1.29, 1.82) is 0 Å². The molecule has 0 aliphatic carbocycles. The number of carbonyl (C=O) groups excluding carboxylic acids is 1. The summed E-state index contributed by atoms with van der Waals surface area (Å²) in [7, 11) is 0. The number of aromatic nitrogens is 2. The number of benzene rings is 1. The Bertz CT molecular complexity index is 695. The first kappa shape index (κ1) is 15.4. The molecule has 0 saturated carbocycles. The van der Waals surface area contributed by atoms with Crippen molar-refractivity contribution in [3.8, 4) is 0 Å². The van der Waals surface area contributed by atoms with Crippen molar-refractivity contribution < 1.29 is 9.53 Å². The molecule has 0 atom stereocenters. The zero-order valence-electron chi connectivity index (χ0n) is 11.6. The number of hydrogen-bond acceptors (Lipinski definition) is 4. The first-order valence-corrected chi connectivity index (χ1v) is 8.38. The second kappa shape index (κ2) is 6.75. The van der Waals surface area contributed by atoms with Gasteiger partial charge in [-0.3, -0.25) is 0 Å². The fourth-order valence-electron chi connectivity index (χ4n) is 2.31. The molecule has 0 bridgehead atoms. The van der Waals surface area contributed by atoms with Crippen molar-refractivity contribution in [2.24, 2.45) is 0 Å². The van der Waals surface area contributed by atoms with Crippen molar-refractivity contribution in [1.82, 2.24) is 14.9 Å². The van der Waals surface area contributed by atoms with E-state index in [0.717, 1.165) is 16.8 Å². The van der Waals surface area contributed by atoms with Crippen LogP contribution >= 0.6 is 31.9 Å². The minimum absolute atomic E-state index is 0.279. The van der Waals surface area contributed by atoms with Gasteiger partial charge in [0.25, 0.3) is 0 Å². The smallest absolute Gasteiger partial charge is 0.410 e. The van der Waals surface area contributed by atoms with E-state index in [9.17, 15) is 4.79 Å². The third-order valence-electron chi connectivity index (χ3n) is 3.45. The maximum absolute atomic E-state index is 12.2. The molecule has 0 radical (unpaired) electrons. The maximum Gasteiger partial charge on any atom is 0.410 e. The lowest BCUT2D eigenvalue weighted by Crippen LogP contribution is -2.37. The van der Waals surface area contributed by atoms with Crippen LogP contribution in [0.2, 0.25) is 0 Å². The molecule has 0 saturated heterocycles. The van der Waals surface area contributed by atoms with Crippen LogP contribution in [0.1, 0.15) is 16.8 Å². The van der Waals surface area contributed by atoms with E-state index in [2.05, 4.69) is 41.8 Å². The van der Waals surface area contributed by atoms with Crippen LogP contribution in [0.4, 0.5) is 4.79 Å². The average Bonchev–Trinajstić information content (AvgIpc) is 2.53. The van der Waals surface area contributed by atoms with Crippen LogP contribution in [-0.4, -0.2) is 27.5 Å². The van der Waals surface area contributed by atoms with E-state index < -0.39 is 0 Å². The fraction of sp³-hybridized carbons (Fsp3) is 0.267. The zero-order valence-corrected chi connectivity index (χ0v) is 14.8. The van der Waals surface area contributed by atoms with Crippen LogP contribution in [0.3, 0.4) is 0 Å². The number of amides is 1. The lowest BCUT2D eigenvalue weighted by molar-refractivity contribution is 0.0914. The summed E-state index contributed by atoms with van der Waals surface area (Å²) in [5, 5.41) is 0. The van der Waals surface area contributed by atoms with Crippen LogP contribution in [0.25, 0.3) is 0 Å². The zero-order chi connectivity index (χ0) is 15.5. The first-order valence-electron chi connectivity index (χ1n) is 6.80. The van der Waals surface area contributed by atoms with Gasteiger partial charge < -0.3 is 9.64 Å². The number of nitrogens with zero attached hydrogens (tertiary/aromatic N) is 3. The van der Waals surface area contributed by atoms with E-state index in [-0.39, 0.29) is 12.7 Å². The standard InChI is InChI=1S/C15H13Br2N3O2/c16-13-11-8-20(7-6-12(11)18-14(17)19-13)15(21)22-9-10-4-2-1-3-5-10/h1-5H,6-9H2. The molecule has 7 heteroatoms. The van der Waals surface area contributed by atoms with Crippen molar-refractivity contribution in [3.63, 3.8) is 0 Å². The van der Waals surface area contributed by atoms with E-state index >= 15 is 0 Å². The van der Waals surface area contributed by atoms with Gasteiger partial charge >= 0.3 is 6.09 Å². The highest BCUT2D eigenvalue weighted by Crippen LogP contribution is 2.25.